The summed E-state index contributed by atoms with van der Waals surface area (Å²) in [5.41, 5.74) is 0.0478. The maximum atomic E-state index is 12.4. The Kier molecular flexibility index (Phi) is 3.39. The summed E-state index contributed by atoms with van der Waals surface area (Å²) in [4.78, 5) is 42.2. The molecule has 4 rings (SSSR count). The highest BCUT2D eigenvalue weighted by Gasteiger charge is 2.56. The lowest BCUT2D eigenvalue weighted by Gasteiger charge is -2.41. The van der Waals surface area contributed by atoms with Crippen LogP contribution in [0.2, 0.25) is 0 Å². The quantitative estimate of drug-likeness (QED) is 0.724. The number of hydrogen-bond donors (Lipinski definition) is 0. The third-order valence-electron chi connectivity index (χ3n) is 6.44. The Hall–Kier alpha value is -1.59. The number of likely N-dealkylation sites (N-methyl/N-ethyl adjacent to an activating group) is 1. The van der Waals surface area contributed by atoms with Gasteiger partial charge in [-0.1, -0.05) is 6.42 Å². The van der Waals surface area contributed by atoms with Crippen LogP contribution >= 0.6 is 0 Å². The zero-order valence-corrected chi connectivity index (χ0v) is 13.8. The van der Waals surface area contributed by atoms with Gasteiger partial charge in [-0.3, -0.25) is 14.5 Å². The Morgan fingerprint density at radius 1 is 1.22 bits per heavy atom. The van der Waals surface area contributed by atoms with Crippen molar-refractivity contribution in [3.63, 3.8) is 0 Å². The normalized spacial score (nSPS) is 30.1. The highest BCUT2D eigenvalue weighted by atomic mass is 16.2. The highest BCUT2D eigenvalue weighted by Crippen LogP contribution is 2.46. The van der Waals surface area contributed by atoms with Gasteiger partial charge in [-0.15, -0.1) is 0 Å². The van der Waals surface area contributed by atoms with Gasteiger partial charge in [-0.2, -0.15) is 0 Å². The van der Waals surface area contributed by atoms with Crippen LogP contribution in [0.15, 0.2) is 0 Å². The third-order valence-corrected chi connectivity index (χ3v) is 6.44. The molecule has 1 saturated carbocycles. The smallest absolute Gasteiger partial charge is 0.327 e. The molecular formula is C17H25N3O3. The van der Waals surface area contributed by atoms with Crippen molar-refractivity contribution in [1.82, 2.24) is 14.7 Å². The molecule has 23 heavy (non-hydrogen) atoms. The summed E-state index contributed by atoms with van der Waals surface area (Å²) in [5.74, 6) is 0.563. The Bertz CT molecular complexity index is 523. The summed E-state index contributed by atoms with van der Waals surface area (Å²) in [6, 6.07) is -0.372. The molecule has 1 aliphatic carbocycles. The minimum absolute atomic E-state index is 0.0256. The number of fused-ring (bicyclic) bond motifs is 1. The fraction of sp³-hybridized carbons (Fsp3) is 0.824. The van der Waals surface area contributed by atoms with Crippen molar-refractivity contribution in [3.8, 4) is 0 Å². The predicted molar refractivity (Wildman–Crippen MR) is 83.5 cm³/mol. The number of rotatable bonds is 2. The summed E-state index contributed by atoms with van der Waals surface area (Å²) in [5, 5.41) is 0. The van der Waals surface area contributed by atoms with Gasteiger partial charge in [-0.25, -0.2) is 4.79 Å². The lowest BCUT2D eigenvalue weighted by Crippen LogP contribution is -2.48. The van der Waals surface area contributed by atoms with E-state index in [0.29, 0.717) is 19.0 Å². The first-order valence-corrected chi connectivity index (χ1v) is 8.95. The average Bonchev–Trinajstić information content (AvgIpc) is 2.95. The van der Waals surface area contributed by atoms with Crippen LogP contribution < -0.4 is 0 Å². The van der Waals surface area contributed by atoms with Gasteiger partial charge in [0.05, 0.1) is 0 Å². The van der Waals surface area contributed by atoms with Crippen LogP contribution in [0.5, 0.6) is 0 Å². The largest absolute Gasteiger partial charge is 0.342 e. The lowest BCUT2D eigenvalue weighted by atomic mass is 9.75. The van der Waals surface area contributed by atoms with Crippen LogP contribution in [-0.4, -0.2) is 64.8 Å². The second-order valence-corrected chi connectivity index (χ2v) is 7.67. The second kappa shape index (κ2) is 5.21. The van der Waals surface area contributed by atoms with Crippen molar-refractivity contribution in [3.05, 3.63) is 0 Å². The van der Waals surface area contributed by atoms with Crippen molar-refractivity contribution >= 4 is 17.8 Å². The number of carbonyl (C=O) groups excluding carboxylic acids is 3. The average molecular weight is 319 g/mol. The first-order chi connectivity index (χ1) is 11.0. The van der Waals surface area contributed by atoms with E-state index in [1.807, 2.05) is 11.8 Å². The Morgan fingerprint density at radius 3 is 2.43 bits per heavy atom. The van der Waals surface area contributed by atoms with E-state index in [4.69, 9.17) is 0 Å². The molecule has 0 aromatic carbocycles. The third kappa shape index (κ3) is 2.17. The number of hydrogen-bond acceptors (Lipinski definition) is 3. The molecule has 126 valence electrons. The molecule has 1 unspecified atom stereocenters. The van der Waals surface area contributed by atoms with Gasteiger partial charge >= 0.3 is 6.03 Å². The number of imide groups is 1. The van der Waals surface area contributed by atoms with Gasteiger partial charge in [0.25, 0.3) is 5.91 Å². The Morgan fingerprint density at radius 2 is 1.91 bits per heavy atom. The maximum Gasteiger partial charge on any atom is 0.327 e. The number of carbonyl (C=O) groups is 3. The zero-order valence-electron chi connectivity index (χ0n) is 13.8. The molecular weight excluding hydrogens is 294 g/mol. The van der Waals surface area contributed by atoms with Gasteiger partial charge < -0.3 is 9.80 Å². The first-order valence-electron chi connectivity index (χ1n) is 8.95. The van der Waals surface area contributed by atoms with E-state index in [0.717, 1.165) is 45.2 Å². The molecule has 0 bridgehead atoms. The van der Waals surface area contributed by atoms with Gasteiger partial charge in [0.2, 0.25) is 5.91 Å². The standard InChI is InChI=1S/C17H25N3O3/c1-2-19-15(22)13-10-17(11-20(13)16(19)23)6-8-18(9-7-17)14(21)12-4-3-5-12/h12-13H,2-11H2,1H3. The van der Waals surface area contributed by atoms with Gasteiger partial charge in [0.15, 0.2) is 0 Å². The van der Waals surface area contributed by atoms with E-state index in [2.05, 4.69) is 0 Å². The van der Waals surface area contributed by atoms with Crippen molar-refractivity contribution in [2.24, 2.45) is 11.3 Å². The Balaban J connectivity index is 1.40. The number of piperidine rings is 1. The molecule has 1 spiro atoms. The molecule has 0 aromatic heterocycles. The van der Waals surface area contributed by atoms with Crippen LogP contribution in [0.1, 0.15) is 45.4 Å². The van der Waals surface area contributed by atoms with Crippen LogP contribution in [-0.2, 0) is 9.59 Å². The van der Waals surface area contributed by atoms with Gasteiger partial charge in [-0.05, 0) is 44.4 Å². The van der Waals surface area contributed by atoms with Crippen LogP contribution in [0, 0.1) is 11.3 Å². The summed E-state index contributed by atoms with van der Waals surface area (Å²) < 4.78 is 0. The molecule has 3 aliphatic heterocycles. The molecule has 4 aliphatic rings. The predicted octanol–water partition coefficient (Wildman–Crippen LogP) is 1.45. The molecule has 0 N–H and O–H groups in total. The van der Waals surface area contributed by atoms with Gasteiger partial charge in [0.1, 0.15) is 6.04 Å². The first kappa shape index (κ1) is 15.0. The monoisotopic (exact) mass is 319 g/mol. The van der Waals surface area contributed by atoms with Crippen molar-refractivity contribution in [1.29, 1.82) is 0 Å². The Labute approximate surface area is 136 Å². The van der Waals surface area contributed by atoms with Crippen molar-refractivity contribution in [2.75, 3.05) is 26.2 Å². The molecule has 6 nitrogen and oxygen atoms in total. The minimum Gasteiger partial charge on any atom is -0.342 e. The van der Waals surface area contributed by atoms with Gasteiger partial charge in [0, 0.05) is 32.1 Å². The van der Waals surface area contributed by atoms with E-state index >= 15 is 0 Å². The highest BCUT2D eigenvalue weighted by molar-refractivity contribution is 6.04. The second-order valence-electron chi connectivity index (χ2n) is 7.67. The minimum atomic E-state index is -0.253. The van der Waals surface area contributed by atoms with Crippen LogP contribution in [0.25, 0.3) is 0 Å². The zero-order chi connectivity index (χ0) is 16.2. The molecule has 4 amide bonds. The van der Waals surface area contributed by atoms with E-state index in [1.165, 1.54) is 11.3 Å². The van der Waals surface area contributed by atoms with Crippen LogP contribution in [0.4, 0.5) is 4.79 Å². The fourth-order valence-electron chi connectivity index (χ4n) is 4.68. The van der Waals surface area contributed by atoms with E-state index in [1.54, 1.807) is 4.90 Å². The number of amides is 4. The van der Waals surface area contributed by atoms with E-state index in [-0.39, 0.29) is 29.3 Å². The van der Waals surface area contributed by atoms with Crippen molar-refractivity contribution < 1.29 is 14.4 Å². The summed E-state index contributed by atoms with van der Waals surface area (Å²) in [6.07, 6.45) is 5.90. The topological polar surface area (TPSA) is 60.9 Å². The summed E-state index contributed by atoms with van der Waals surface area (Å²) in [6.45, 7) is 4.56. The lowest BCUT2D eigenvalue weighted by molar-refractivity contribution is -0.140. The summed E-state index contributed by atoms with van der Waals surface area (Å²) in [7, 11) is 0. The molecule has 3 heterocycles. The van der Waals surface area contributed by atoms with Crippen molar-refractivity contribution in [2.45, 2.75) is 51.5 Å². The maximum absolute atomic E-state index is 12.4. The van der Waals surface area contributed by atoms with Crippen LogP contribution in [0.3, 0.4) is 0 Å². The molecule has 3 saturated heterocycles. The summed E-state index contributed by atoms with van der Waals surface area (Å²) >= 11 is 0. The fourth-order valence-corrected chi connectivity index (χ4v) is 4.68. The number of nitrogens with zero attached hydrogens (tertiary/aromatic N) is 3. The number of urea groups is 1. The van der Waals surface area contributed by atoms with E-state index < -0.39 is 0 Å². The molecule has 0 aromatic rings. The molecule has 1 atom stereocenters. The SMILES string of the molecule is CCN1C(=O)C2CC3(CCN(C(=O)C4CCC4)CC3)CN2C1=O. The van der Waals surface area contributed by atoms with E-state index in [9.17, 15) is 14.4 Å². The number of likely N-dealkylation sites (tertiary alicyclic amines) is 1. The molecule has 6 heteroatoms. The molecule has 0 radical (unpaired) electrons. The molecule has 4 fully saturated rings.